The van der Waals surface area contributed by atoms with E-state index < -0.39 is 0 Å². The van der Waals surface area contributed by atoms with E-state index in [9.17, 15) is 4.79 Å². The summed E-state index contributed by atoms with van der Waals surface area (Å²) in [6.07, 6.45) is 0.473. The molecule has 1 aromatic heterocycles. The van der Waals surface area contributed by atoms with Crippen molar-refractivity contribution in [2.75, 3.05) is 31.6 Å². The number of nitrogens with one attached hydrogen (secondary N) is 1. The molecule has 6 nitrogen and oxygen atoms in total. The Kier molecular flexibility index (Phi) is 6.85. The van der Waals surface area contributed by atoms with Crippen LogP contribution in [0.3, 0.4) is 0 Å². The van der Waals surface area contributed by atoms with Crippen LogP contribution in [-0.2, 0) is 9.53 Å². The second-order valence-corrected chi connectivity index (χ2v) is 8.72. The highest BCUT2D eigenvalue weighted by Gasteiger charge is 2.23. The molecular formula is C24H27BrN4O2. The number of rotatable bonds is 6. The molecule has 0 bridgehead atoms. The number of anilines is 1. The number of ether oxygens (including phenoxy) is 1. The topological polar surface area (TPSA) is 59.4 Å². The lowest BCUT2D eigenvalue weighted by molar-refractivity contribution is -0.117. The smallest absolute Gasteiger partial charge is 0.225 e. The number of benzene rings is 2. The molecule has 31 heavy (non-hydrogen) atoms. The molecule has 0 saturated carbocycles. The second kappa shape index (κ2) is 9.77. The highest BCUT2D eigenvalue weighted by Crippen LogP contribution is 2.25. The summed E-state index contributed by atoms with van der Waals surface area (Å²) in [4.78, 5) is 15.0. The van der Waals surface area contributed by atoms with E-state index in [2.05, 4.69) is 43.4 Å². The molecule has 2 aromatic carbocycles. The summed E-state index contributed by atoms with van der Waals surface area (Å²) in [5.41, 5.74) is 4.69. The van der Waals surface area contributed by atoms with E-state index in [0.717, 1.165) is 45.9 Å². The van der Waals surface area contributed by atoms with Crippen LogP contribution in [0.1, 0.15) is 29.5 Å². The van der Waals surface area contributed by atoms with Gasteiger partial charge in [0.05, 0.1) is 35.5 Å². The summed E-state index contributed by atoms with van der Waals surface area (Å²) in [5.74, 6) is 0.00509. The summed E-state index contributed by atoms with van der Waals surface area (Å²) in [7, 11) is 0. The zero-order valence-corrected chi connectivity index (χ0v) is 19.4. The third-order valence-electron chi connectivity index (χ3n) is 5.60. The first-order valence-electron chi connectivity index (χ1n) is 10.5. The third-order valence-corrected chi connectivity index (χ3v) is 6.13. The molecule has 4 rings (SSSR count). The minimum Gasteiger partial charge on any atom is -0.371 e. The lowest BCUT2D eigenvalue weighted by Crippen LogP contribution is -2.39. The van der Waals surface area contributed by atoms with E-state index in [0.29, 0.717) is 19.6 Å². The molecule has 2 heterocycles. The predicted octanol–water partition coefficient (Wildman–Crippen LogP) is 4.65. The molecule has 1 aliphatic rings. The van der Waals surface area contributed by atoms with Crippen molar-refractivity contribution < 1.29 is 9.53 Å². The molecule has 1 N–H and O–H groups in total. The third kappa shape index (κ3) is 5.23. The quantitative estimate of drug-likeness (QED) is 0.555. The highest BCUT2D eigenvalue weighted by molar-refractivity contribution is 9.10. The minimum absolute atomic E-state index is 0.00509. The summed E-state index contributed by atoms with van der Waals surface area (Å²) < 4.78 is 8.87. The Morgan fingerprint density at radius 2 is 1.90 bits per heavy atom. The largest absolute Gasteiger partial charge is 0.371 e. The molecule has 1 aliphatic heterocycles. The monoisotopic (exact) mass is 482 g/mol. The minimum atomic E-state index is 0.00509. The van der Waals surface area contributed by atoms with Crippen molar-refractivity contribution in [1.82, 2.24) is 14.7 Å². The summed E-state index contributed by atoms with van der Waals surface area (Å²) in [5, 5.41) is 7.68. The van der Waals surface area contributed by atoms with Crippen molar-refractivity contribution in [3.8, 4) is 5.69 Å². The van der Waals surface area contributed by atoms with Crippen molar-refractivity contribution in [1.29, 1.82) is 0 Å². The standard InChI is InChI=1S/C24H27BrN4O2/c1-17-24(18(2)29(27-17)21-6-4-3-5-7-21)26-23(30)12-13-28-14-15-31-22(16-28)19-8-10-20(25)11-9-19/h3-11,22H,12-16H2,1-2H3,(H,26,30). The molecule has 1 unspecified atom stereocenters. The Balaban J connectivity index is 1.34. The second-order valence-electron chi connectivity index (χ2n) is 7.80. The number of amides is 1. The fourth-order valence-electron chi connectivity index (χ4n) is 3.89. The summed E-state index contributed by atoms with van der Waals surface area (Å²) >= 11 is 3.47. The van der Waals surface area contributed by atoms with Gasteiger partial charge in [0.15, 0.2) is 0 Å². The molecule has 7 heteroatoms. The molecule has 1 atom stereocenters. The Labute approximate surface area is 191 Å². The maximum Gasteiger partial charge on any atom is 0.225 e. The Bertz CT molecular complexity index is 1030. The van der Waals surface area contributed by atoms with Crippen LogP contribution < -0.4 is 5.32 Å². The molecule has 3 aromatic rings. The van der Waals surface area contributed by atoms with Crippen LogP contribution in [0.4, 0.5) is 5.69 Å². The molecule has 1 amide bonds. The maximum absolute atomic E-state index is 12.7. The molecule has 162 valence electrons. The number of aryl methyl sites for hydroxylation is 1. The fraction of sp³-hybridized carbons (Fsp3) is 0.333. The fourth-order valence-corrected chi connectivity index (χ4v) is 4.15. The van der Waals surface area contributed by atoms with E-state index in [1.807, 2.05) is 61.0 Å². The van der Waals surface area contributed by atoms with Gasteiger partial charge < -0.3 is 10.1 Å². The predicted molar refractivity (Wildman–Crippen MR) is 126 cm³/mol. The lowest BCUT2D eigenvalue weighted by Gasteiger charge is -2.33. The van der Waals surface area contributed by atoms with Gasteiger partial charge in [-0.3, -0.25) is 9.69 Å². The number of carbonyl (C=O) groups is 1. The number of carbonyl (C=O) groups excluding carboxylic acids is 1. The first kappa shape index (κ1) is 21.7. The van der Waals surface area contributed by atoms with Crippen LogP contribution in [0.15, 0.2) is 59.1 Å². The van der Waals surface area contributed by atoms with Crippen LogP contribution in [0.5, 0.6) is 0 Å². The molecule has 1 fully saturated rings. The maximum atomic E-state index is 12.7. The van der Waals surface area contributed by atoms with Gasteiger partial charge in [-0.2, -0.15) is 5.10 Å². The van der Waals surface area contributed by atoms with Crippen molar-refractivity contribution in [3.05, 3.63) is 76.0 Å². The molecule has 0 aliphatic carbocycles. The average Bonchev–Trinajstić information content (AvgIpc) is 3.07. The molecule has 0 spiro atoms. The number of halogens is 1. The number of hydrogen-bond donors (Lipinski definition) is 1. The highest BCUT2D eigenvalue weighted by atomic mass is 79.9. The van der Waals surface area contributed by atoms with Gasteiger partial charge in [0.1, 0.15) is 0 Å². The summed E-state index contributed by atoms with van der Waals surface area (Å²) in [6.45, 7) is 6.90. The Morgan fingerprint density at radius 1 is 1.16 bits per heavy atom. The normalized spacial score (nSPS) is 16.9. The van der Waals surface area contributed by atoms with Crippen LogP contribution in [-0.4, -0.2) is 46.8 Å². The van der Waals surface area contributed by atoms with Gasteiger partial charge in [0.2, 0.25) is 5.91 Å². The first-order chi connectivity index (χ1) is 15.0. The lowest BCUT2D eigenvalue weighted by atomic mass is 10.1. The van der Waals surface area contributed by atoms with E-state index in [1.165, 1.54) is 0 Å². The summed E-state index contributed by atoms with van der Waals surface area (Å²) in [6, 6.07) is 18.2. The van der Waals surface area contributed by atoms with E-state index in [4.69, 9.17) is 4.74 Å². The first-order valence-corrected chi connectivity index (χ1v) is 11.3. The molecular weight excluding hydrogens is 456 g/mol. The number of para-hydroxylation sites is 1. The van der Waals surface area contributed by atoms with E-state index >= 15 is 0 Å². The zero-order chi connectivity index (χ0) is 21.8. The van der Waals surface area contributed by atoms with Gasteiger partial charge >= 0.3 is 0 Å². The zero-order valence-electron chi connectivity index (χ0n) is 17.8. The van der Waals surface area contributed by atoms with Crippen molar-refractivity contribution >= 4 is 27.5 Å². The van der Waals surface area contributed by atoms with Gasteiger partial charge in [-0.05, 0) is 43.7 Å². The van der Waals surface area contributed by atoms with Gasteiger partial charge in [-0.15, -0.1) is 0 Å². The van der Waals surface area contributed by atoms with E-state index in [1.54, 1.807) is 0 Å². The van der Waals surface area contributed by atoms with Crippen LogP contribution in [0, 0.1) is 13.8 Å². The van der Waals surface area contributed by atoms with Crippen molar-refractivity contribution in [2.24, 2.45) is 0 Å². The van der Waals surface area contributed by atoms with Crippen molar-refractivity contribution in [3.63, 3.8) is 0 Å². The molecule has 1 saturated heterocycles. The van der Waals surface area contributed by atoms with Crippen LogP contribution in [0.2, 0.25) is 0 Å². The van der Waals surface area contributed by atoms with Gasteiger partial charge in [-0.25, -0.2) is 4.68 Å². The SMILES string of the molecule is Cc1nn(-c2ccccc2)c(C)c1NC(=O)CCN1CCOC(c2ccc(Br)cc2)C1. The van der Waals surface area contributed by atoms with Gasteiger partial charge in [-0.1, -0.05) is 46.3 Å². The average molecular weight is 483 g/mol. The number of hydrogen-bond acceptors (Lipinski definition) is 4. The number of nitrogens with zero attached hydrogens (tertiary/aromatic N) is 3. The van der Waals surface area contributed by atoms with Gasteiger partial charge in [0, 0.05) is 30.5 Å². The Hall–Kier alpha value is -2.48. The Morgan fingerprint density at radius 3 is 2.65 bits per heavy atom. The van der Waals surface area contributed by atoms with E-state index in [-0.39, 0.29) is 12.0 Å². The van der Waals surface area contributed by atoms with Crippen LogP contribution >= 0.6 is 15.9 Å². The number of morpholine rings is 1. The number of aromatic nitrogens is 2. The van der Waals surface area contributed by atoms with Crippen LogP contribution in [0.25, 0.3) is 5.69 Å². The molecule has 0 radical (unpaired) electrons. The van der Waals surface area contributed by atoms with Crippen molar-refractivity contribution in [2.45, 2.75) is 26.4 Å². The van der Waals surface area contributed by atoms with Gasteiger partial charge in [0.25, 0.3) is 0 Å².